The van der Waals surface area contributed by atoms with Crippen molar-refractivity contribution < 1.29 is 0 Å². The van der Waals surface area contributed by atoms with Gasteiger partial charge in [0.05, 0.1) is 11.6 Å². The highest BCUT2D eigenvalue weighted by Crippen LogP contribution is 2.23. The van der Waals surface area contributed by atoms with Crippen LogP contribution in [-0.4, -0.2) is 7.05 Å². The number of benzene rings is 1. The molecule has 0 aliphatic carbocycles. The maximum absolute atomic E-state index is 8.79. The van der Waals surface area contributed by atoms with Crippen LogP contribution in [0.15, 0.2) is 18.7 Å². The predicted octanol–water partition coefficient (Wildman–Crippen LogP) is 1.64. The standard InChI is InChI=1S/C11H13N3/c1-7-4-9(6-12)5-10(11(7)13)8(2)14-3/h4-5,14H,2,13H2,1,3H3. The van der Waals surface area contributed by atoms with E-state index in [1.165, 1.54) is 0 Å². The van der Waals surface area contributed by atoms with Gasteiger partial charge in [0.25, 0.3) is 0 Å². The Morgan fingerprint density at radius 3 is 2.71 bits per heavy atom. The summed E-state index contributed by atoms with van der Waals surface area (Å²) >= 11 is 0. The van der Waals surface area contributed by atoms with Crippen LogP contribution in [-0.2, 0) is 0 Å². The molecule has 0 aliphatic rings. The second-order valence-corrected chi connectivity index (χ2v) is 3.09. The number of rotatable bonds is 2. The third kappa shape index (κ3) is 1.69. The van der Waals surface area contributed by atoms with Crippen LogP contribution in [0.5, 0.6) is 0 Å². The van der Waals surface area contributed by atoms with E-state index in [1.807, 2.05) is 6.92 Å². The van der Waals surface area contributed by atoms with Gasteiger partial charge in [-0.15, -0.1) is 0 Å². The average Bonchev–Trinajstić information content (AvgIpc) is 2.20. The molecule has 0 amide bonds. The second kappa shape index (κ2) is 3.84. The minimum absolute atomic E-state index is 0.600. The fourth-order valence-corrected chi connectivity index (χ4v) is 1.25. The second-order valence-electron chi connectivity index (χ2n) is 3.09. The maximum Gasteiger partial charge on any atom is 0.0991 e. The molecule has 14 heavy (non-hydrogen) atoms. The van der Waals surface area contributed by atoms with Gasteiger partial charge in [0.1, 0.15) is 0 Å². The molecule has 72 valence electrons. The molecule has 0 bridgehead atoms. The smallest absolute Gasteiger partial charge is 0.0991 e. The summed E-state index contributed by atoms with van der Waals surface area (Å²) in [6.45, 7) is 5.70. The van der Waals surface area contributed by atoms with Crippen molar-refractivity contribution >= 4 is 11.4 Å². The van der Waals surface area contributed by atoms with E-state index in [4.69, 9.17) is 11.0 Å². The average molecular weight is 187 g/mol. The molecule has 3 N–H and O–H groups in total. The zero-order valence-electron chi connectivity index (χ0n) is 8.39. The topological polar surface area (TPSA) is 61.8 Å². The van der Waals surface area contributed by atoms with E-state index in [0.29, 0.717) is 11.3 Å². The normalized spacial score (nSPS) is 9.21. The van der Waals surface area contributed by atoms with Crippen LogP contribution in [0.25, 0.3) is 5.70 Å². The van der Waals surface area contributed by atoms with E-state index in [1.54, 1.807) is 19.2 Å². The largest absolute Gasteiger partial charge is 0.398 e. The molecule has 0 heterocycles. The Labute approximate surface area is 83.8 Å². The number of nitrogens with two attached hydrogens (primary N) is 1. The molecule has 0 fully saturated rings. The Morgan fingerprint density at radius 2 is 2.21 bits per heavy atom. The molecule has 0 saturated carbocycles. The number of nitrogens with zero attached hydrogens (tertiary/aromatic N) is 1. The number of hydrogen-bond acceptors (Lipinski definition) is 3. The highest BCUT2D eigenvalue weighted by atomic mass is 14.8. The number of nitrogens with one attached hydrogen (secondary N) is 1. The molecular formula is C11H13N3. The Balaban J connectivity index is 3.36. The van der Waals surface area contributed by atoms with Crippen LogP contribution in [0, 0.1) is 18.3 Å². The van der Waals surface area contributed by atoms with Gasteiger partial charge < -0.3 is 11.1 Å². The zero-order valence-corrected chi connectivity index (χ0v) is 8.39. The van der Waals surface area contributed by atoms with E-state index < -0.39 is 0 Å². The fraction of sp³-hybridized carbons (Fsp3) is 0.182. The molecule has 0 unspecified atom stereocenters. The first-order valence-corrected chi connectivity index (χ1v) is 4.27. The predicted molar refractivity (Wildman–Crippen MR) is 58.4 cm³/mol. The molecule has 0 spiro atoms. The molecule has 0 atom stereocenters. The number of aryl methyl sites for hydroxylation is 1. The van der Waals surface area contributed by atoms with Crippen LogP contribution in [0.3, 0.4) is 0 Å². The van der Waals surface area contributed by atoms with Gasteiger partial charge in [-0.25, -0.2) is 0 Å². The van der Waals surface area contributed by atoms with E-state index >= 15 is 0 Å². The number of hydrogen-bond donors (Lipinski definition) is 2. The third-order valence-corrected chi connectivity index (χ3v) is 2.14. The molecule has 0 aliphatic heterocycles. The minimum atomic E-state index is 0.600. The Kier molecular flexibility index (Phi) is 2.78. The summed E-state index contributed by atoms with van der Waals surface area (Å²) < 4.78 is 0. The molecule has 3 nitrogen and oxygen atoms in total. The van der Waals surface area contributed by atoms with Crippen molar-refractivity contribution in [2.75, 3.05) is 12.8 Å². The first-order valence-electron chi connectivity index (χ1n) is 4.27. The Bertz CT molecular complexity index is 413. The van der Waals surface area contributed by atoms with Crippen molar-refractivity contribution in [3.8, 4) is 6.07 Å². The van der Waals surface area contributed by atoms with Crippen LogP contribution < -0.4 is 11.1 Å². The summed E-state index contributed by atoms with van der Waals surface area (Å²) in [5, 5.41) is 11.7. The highest BCUT2D eigenvalue weighted by molar-refractivity contribution is 5.75. The van der Waals surface area contributed by atoms with Gasteiger partial charge in [0.2, 0.25) is 0 Å². The van der Waals surface area contributed by atoms with Crippen molar-refractivity contribution in [1.82, 2.24) is 5.32 Å². The fourth-order valence-electron chi connectivity index (χ4n) is 1.25. The Hall–Kier alpha value is -1.95. The molecular weight excluding hydrogens is 174 g/mol. The lowest BCUT2D eigenvalue weighted by molar-refractivity contribution is 1.13. The summed E-state index contributed by atoms with van der Waals surface area (Å²) in [5.74, 6) is 0. The van der Waals surface area contributed by atoms with E-state index in [9.17, 15) is 0 Å². The van der Waals surface area contributed by atoms with Gasteiger partial charge in [0.15, 0.2) is 0 Å². The van der Waals surface area contributed by atoms with E-state index in [2.05, 4.69) is 18.0 Å². The van der Waals surface area contributed by atoms with Crippen LogP contribution >= 0.6 is 0 Å². The van der Waals surface area contributed by atoms with Crippen molar-refractivity contribution in [3.63, 3.8) is 0 Å². The zero-order chi connectivity index (χ0) is 10.7. The molecule has 0 aromatic heterocycles. The lowest BCUT2D eigenvalue weighted by atomic mass is 10.0. The summed E-state index contributed by atoms with van der Waals surface area (Å²) in [4.78, 5) is 0. The van der Waals surface area contributed by atoms with Crippen LogP contribution in [0.2, 0.25) is 0 Å². The Morgan fingerprint density at radius 1 is 1.57 bits per heavy atom. The lowest BCUT2D eigenvalue weighted by Gasteiger charge is -2.11. The van der Waals surface area contributed by atoms with E-state index in [0.717, 1.165) is 16.8 Å². The molecule has 0 radical (unpaired) electrons. The van der Waals surface area contributed by atoms with Crippen molar-refractivity contribution in [2.24, 2.45) is 0 Å². The van der Waals surface area contributed by atoms with Crippen LogP contribution in [0.4, 0.5) is 5.69 Å². The minimum Gasteiger partial charge on any atom is -0.398 e. The maximum atomic E-state index is 8.79. The number of anilines is 1. The summed E-state index contributed by atoms with van der Waals surface area (Å²) in [6.07, 6.45) is 0. The number of nitriles is 1. The highest BCUT2D eigenvalue weighted by Gasteiger charge is 2.06. The monoisotopic (exact) mass is 187 g/mol. The van der Waals surface area contributed by atoms with Gasteiger partial charge in [-0.3, -0.25) is 0 Å². The lowest BCUT2D eigenvalue weighted by Crippen LogP contribution is -2.07. The SMILES string of the molecule is C=C(NC)c1cc(C#N)cc(C)c1N. The molecule has 0 saturated heterocycles. The summed E-state index contributed by atoms with van der Waals surface area (Å²) in [6, 6.07) is 5.59. The molecule has 3 heteroatoms. The number of nitrogen functional groups attached to an aromatic ring is 1. The molecule has 1 rings (SSSR count). The first-order chi connectivity index (χ1) is 6.60. The van der Waals surface area contributed by atoms with Crippen LogP contribution in [0.1, 0.15) is 16.7 Å². The third-order valence-electron chi connectivity index (χ3n) is 2.14. The first kappa shape index (κ1) is 10.1. The van der Waals surface area contributed by atoms with Crippen molar-refractivity contribution in [1.29, 1.82) is 5.26 Å². The summed E-state index contributed by atoms with van der Waals surface area (Å²) in [7, 11) is 1.77. The quantitative estimate of drug-likeness (QED) is 0.692. The van der Waals surface area contributed by atoms with E-state index in [-0.39, 0.29) is 0 Å². The van der Waals surface area contributed by atoms with Crippen molar-refractivity contribution in [3.05, 3.63) is 35.4 Å². The van der Waals surface area contributed by atoms with Gasteiger partial charge >= 0.3 is 0 Å². The summed E-state index contributed by atoms with van der Waals surface area (Å²) in [5.41, 5.74) is 9.56. The van der Waals surface area contributed by atoms with Crippen molar-refractivity contribution in [2.45, 2.75) is 6.92 Å². The molecule has 1 aromatic rings. The van der Waals surface area contributed by atoms with Gasteiger partial charge in [-0.2, -0.15) is 5.26 Å². The van der Waals surface area contributed by atoms with Gasteiger partial charge in [0, 0.05) is 24.0 Å². The van der Waals surface area contributed by atoms with Gasteiger partial charge in [-0.05, 0) is 24.6 Å². The van der Waals surface area contributed by atoms with Gasteiger partial charge in [-0.1, -0.05) is 6.58 Å². The molecule has 1 aromatic carbocycles.